The van der Waals surface area contributed by atoms with Gasteiger partial charge in [0.05, 0.1) is 13.7 Å². The lowest BCUT2D eigenvalue weighted by Gasteiger charge is -2.22. The lowest BCUT2D eigenvalue weighted by atomic mass is 9.90. The van der Waals surface area contributed by atoms with Crippen molar-refractivity contribution >= 4 is 28.5 Å². The Bertz CT molecular complexity index is 1240. The van der Waals surface area contributed by atoms with Gasteiger partial charge >= 0.3 is 6.03 Å². The van der Waals surface area contributed by atoms with Crippen LogP contribution in [0.25, 0.3) is 10.8 Å². The minimum absolute atomic E-state index is 0.264. The van der Waals surface area contributed by atoms with Crippen LogP contribution in [0.4, 0.5) is 4.79 Å². The molecule has 2 aromatic carbocycles. The molecule has 1 N–H and O–H groups in total. The molecule has 0 bridgehead atoms. The van der Waals surface area contributed by atoms with Gasteiger partial charge in [-0.3, -0.25) is 14.5 Å². The first kappa shape index (κ1) is 20.7. The van der Waals surface area contributed by atoms with Crippen molar-refractivity contribution in [1.29, 1.82) is 0 Å². The van der Waals surface area contributed by atoms with E-state index < -0.39 is 17.5 Å². The number of ether oxygens (including phenoxy) is 1. The van der Waals surface area contributed by atoms with Crippen LogP contribution in [0.3, 0.4) is 0 Å². The van der Waals surface area contributed by atoms with Crippen LogP contribution in [-0.2, 0) is 17.4 Å². The van der Waals surface area contributed by atoms with E-state index in [4.69, 9.17) is 4.74 Å². The van der Waals surface area contributed by atoms with Gasteiger partial charge in [0.25, 0.3) is 5.91 Å². The zero-order valence-electron chi connectivity index (χ0n) is 18.3. The van der Waals surface area contributed by atoms with Gasteiger partial charge in [-0.1, -0.05) is 18.2 Å². The number of carbonyl (C=O) groups is 3. The van der Waals surface area contributed by atoms with E-state index in [1.165, 1.54) is 0 Å². The summed E-state index contributed by atoms with van der Waals surface area (Å²) in [4.78, 5) is 39.8. The Balaban J connectivity index is 1.63. The Hall–Kier alpha value is -3.61. The number of benzene rings is 2. The molecule has 1 aliphatic rings. The molecule has 2 heterocycles. The summed E-state index contributed by atoms with van der Waals surface area (Å²) in [6, 6.07) is 12.5. The zero-order chi connectivity index (χ0) is 22.5. The van der Waals surface area contributed by atoms with Crippen molar-refractivity contribution in [2.45, 2.75) is 26.3 Å². The third-order valence-electron chi connectivity index (χ3n) is 6.28. The Morgan fingerprint density at radius 3 is 2.39 bits per heavy atom. The van der Waals surface area contributed by atoms with Crippen LogP contribution in [0.2, 0.25) is 0 Å². The second-order valence-electron chi connectivity index (χ2n) is 8.14. The first-order chi connectivity index (χ1) is 14.7. The van der Waals surface area contributed by atoms with Crippen LogP contribution < -0.4 is 10.1 Å². The number of fused-ring (bicyclic) bond motifs is 1. The van der Waals surface area contributed by atoms with Crippen molar-refractivity contribution in [2.24, 2.45) is 7.05 Å². The average Bonchev–Trinajstić information content (AvgIpc) is 3.14. The Kier molecular flexibility index (Phi) is 4.84. The van der Waals surface area contributed by atoms with Gasteiger partial charge in [-0.2, -0.15) is 0 Å². The van der Waals surface area contributed by atoms with Gasteiger partial charge in [0.2, 0.25) is 0 Å². The van der Waals surface area contributed by atoms with Gasteiger partial charge in [-0.15, -0.1) is 0 Å². The summed E-state index contributed by atoms with van der Waals surface area (Å²) in [7, 11) is 3.49. The van der Waals surface area contributed by atoms with Crippen LogP contribution in [0.15, 0.2) is 42.5 Å². The first-order valence-electron chi connectivity index (χ1n) is 10.0. The molecule has 0 radical (unpaired) electrons. The summed E-state index contributed by atoms with van der Waals surface area (Å²) in [5.74, 6) is 0.0383. The zero-order valence-corrected chi connectivity index (χ0v) is 18.3. The summed E-state index contributed by atoms with van der Waals surface area (Å²) in [6.45, 7) is 5.12. The second-order valence-corrected chi connectivity index (χ2v) is 8.14. The predicted molar refractivity (Wildman–Crippen MR) is 117 cm³/mol. The maximum atomic E-state index is 13.3. The molecule has 3 aromatic rings. The van der Waals surface area contributed by atoms with Crippen molar-refractivity contribution in [1.82, 2.24) is 14.8 Å². The normalized spacial score (nSPS) is 18.5. The fraction of sp³-hybridized carbons (Fsp3) is 0.292. The minimum Gasteiger partial charge on any atom is -0.497 e. The molecule has 4 rings (SSSR count). The van der Waals surface area contributed by atoms with Crippen molar-refractivity contribution in [3.8, 4) is 5.75 Å². The van der Waals surface area contributed by atoms with Crippen LogP contribution in [0.5, 0.6) is 5.75 Å². The molecule has 1 fully saturated rings. The highest BCUT2D eigenvalue weighted by Gasteiger charge is 2.49. The number of urea groups is 1. The summed E-state index contributed by atoms with van der Waals surface area (Å²) in [5, 5.41) is 4.66. The molecule has 0 aliphatic carbocycles. The topological polar surface area (TPSA) is 80.6 Å². The standard InChI is InChI=1S/C24H25N3O4/c1-14-10-20(15(2)26(14)4)21(28)13-27-22(29)24(3,25-23(27)30)18-8-6-17-12-19(31-5)9-7-16(17)11-18/h6-12H,13H2,1-5H3,(H,25,30)/t24-/m1/s1. The molecular formula is C24H25N3O4. The van der Waals surface area contributed by atoms with E-state index in [1.807, 2.05) is 61.9 Å². The molecule has 0 unspecified atom stereocenters. The molecule has 31 heavy (non-hydrogen) atoms. The number of Topliss-reactive ketones (excluding diaryl/α,β-unsaturated/α-hetero) is 1. The Morgan fingerprint density at radius 2 is 1.74 bits per heavy atom. The number of aromatic nitrogens is 1. The number of methoxy groups -OCH3 is 1. The van der Waals surface area contributed by atoms with E-state index in [1.54, 1.807) is 20.1 Å². The van der Waals surface area contributed by atoms with E-state index >= 15 is 0 Å². The SMILES string of the molecule is COc1ccc2cc([C@@]3(C)NC(=O)N(CC(=O)c4cc(C)n(C)c4C)C3=O)ccc2c1. The number of rotatable bonds is 5. The van der Waals surface area contributed by atoms with E-state index in [0.29, 0.717) is 11.1 Å². The molecule has 3 amide bonds. The summed E-state index contributed by atoms with van der Waals surface area (Å²) >= 11 is 0. The lowest BCUT2D eigenvalue weighted by molar-refractivity contribution is -0.130. The molecule has 1 atom stereocenters. The molecule has 1 saturated heterocycles. The van der Waals surface area contributed by atoms with Gasteiger partial charge < -0.3 is 14.6 Å². The number of imide groups is 1. The smallest absolute Gasteiger partial charge is 0.325 e. The van der Waals surface area contributed by atoms with Crippen molar-refractivity contribution < 1.29 is 19.1 Å². The van der Waals surface area contributed by atoms with Crippen molar-refractivity contribution in [2.75, 3.05) is 13.7 Å². The molecule has 7 nitrogen and oxygen atoms in total. The number of hydrogen-bond acceptors (Lipinski definition) is 4. The van der Waals surface area contributed by atoms with Crippen LogP contribution >= 0.6 is 0 Å². The van der Waals surface area contributed by atoms with Gasteiger partial charge in [-0.25, -0.2) is 4.79 Å². The highest BCUT2D eigenvalue weighted by atomic mass is 16.5. The van der Waals surface area contributed by atoms with E-state index in [0.717, 1.165) is 32.8 Å². The van der Waals surface area contributed by atoms with Gasteiger partial charge in [0, 0.05) is 24.0 Å². The van der Waals surface area contributed by atoms with E-state index in [9.17, 15) is 14.4 Å². The maximum Gasteiger partial charge on any atom is 0.325 e. The number of ketones is 1. The third-order valence-corrected chi connectivity index (χ3v) is 6.28. The highest BCUT2D eigenvalue weighted by Crippen LogP contribution is 2.32. The van der Waals surface area contributed by atoms with Gasteiger partial charge in [-0.05, 0) is 61.4 Å². The monoisotopic (exact) mass is 419 g/mol. The van der Waals surface area contributed by atoms with Crippen LogP contribution in [0.1, 0.15) is 34.2 Å². The van der Waals surface area contributed by atoms with E-state index in [2.05, 4.69) is 5.32 Å². The lowest BCUT2D eigenvalue weighted by Crippen LogP contribution is -2.41. The number of hydrogen-bond donors (Lipinski definition) is 1. The number of amides is 3. The van der Waals surface area contributed by atoms with Crippen molar-refractivity contribution in [3.63, 3.8) is 0 Å². The predicted octanol–water partition coefficient (Wildman–Crippen LogP) is 3.45. The number of aryl methyl sites for hydroxylation is 1. The largest absolute Gasteiger partial charge is 0.497 e. The average molecular weight is 419 g/mol. The summed E-state index contributed by atoms with van der Waals surface area (Å²) in [6.07, 6.45) is 0. The minimum atomic E-state index is -1.24. The highest BCUT2D eigenvalue weighted by molar-refractivity contribution is 6.11. The maximum absolute atomic E-state index is 13.3. The molecule has 0 saturated carbocycles. The van der Waals surface area contributed by atoms with Gasteiger partial charge in [0.1, 0.15) is 11.3 Å². The van der Waals surface area contributed by atoms with Gasteiger partial charge in [0.15, 0.2) is 5.78 Å². The first-order valence-corrected chi connectivity index (χ1v) is 10.0. The molecule has 1 aromatic heterocycles. The third kappa shape index (κ3) is 3.26. The Labute approximate surface area is 180 Å². The fourth-order valence-electron chi connectivity index (χ4n) is 4.06. The summed E-state index contributed by atoms with van der Waals surface area (Å²) in [5.41, 5.74) is 1.68. The summed E-state index contributed by atoms with van der Waals surface area (Å²) < 4.78 is 7.17. The molecule has 1 aliphatic heterocycles. The fourth-order valence-corrected chi connectivity index (χ4v) is 4.06. The molecule has 0 spiro atoms. The number of carbonyl (C=O) groups excluding carboxylic acids is 3. The number of nitrogens with one attached hydrogen (secondary N) is 1. The molecule has 160 valence electrons. The Morgan fingerprint density at radius 1 is 1.06 bits per heavy atom. The van der Waals surface area contributed by atoms with Crippen LogP contribution in [0, 0.1) is 13.8 Å². The number of nitrogens with zero attached hydrogens (tertiary/aromatic N) is 2. The quantitative estimate of drug-likeness (QED) is 0.507. The van der Waals surface area contributed by atoms with Crippen LogP contribution in [-0.4, -0.2) is 40.8 Å². The van der Waals surface area contributed by atoms with Crippen molar-refractivity contribution in [3.05, 3.63) is 65.0 Å². The molecular weight excluding hydrogens is 394 g/mol. The van der Waals surface area contributed by atoms with E-state index in [-0.39, 0.29) is 12.3 Å². The second kappa shape index (κ2) is 7.27. The molecule has 7 heteroatoms.